The summed E-state index contributed by atoms with van der Waals surface area (Å²) >= 11 is 5.35. The van der Waals surface area contributed by atoms with Gasteiger partial charge in [0.1, 0.15) is 11.6 Å². The summed E-state index contributed by atoms with van der Waals surface area (Å²) in [6, 6.07) is 13.1. The van der Waals surface area contributed by atoms with Crippen LogP contribution in [0.4, 0.5) is 4.39 Å². The van der Waals surface area contributed by atoms with Gasteiger partial charge in [0.05, 0.1) is 11.9 Å². The molecule has 0 aliphatic heterocycles. The van der Waals surface area contributed by atoms with E-state index in [1.165, 1.54) is 11.6 Å². The molecular weight excluding hydrogens is 351 g/mol. The zero-order valence-corrected chi connectivity index (χ0v) is 14.1. The summed E-state index contributed by atoms with van der Waals surface area (Å²) in [7, 11) is 1.67. The van der Waals surface area contributed by atoms with Crippen LogP contribution in [0, 0.1) is 12.7 Å². The van der Waals surface area contributed by atoms with Crippen molar-refractivity contribution in [2.75, 3.05) is 7.11 Å². The number of rotatable bonds is 3. The van der Waals surface area contributed by atoms with Crippen LogP contribution in [-0.4, -0.2) is 7.11 Å². The molecule has 3 aromatic rings. The summed E-state index contributed by atoms with van der Waals surface area (Å²) < 4.78 is 19.7. The lowest BCUT2D eigenvalue weighted by Gasteiger charge is -2.13. The minimum Gasteiger partial charge on any atom is -0.496 e. The van der Waals surface area contributed by atoms with Crippen molar-refractivity contribution < 1.29 is 9.13 Å². The fraction of sp³-hybridized carbons (Fsp3) is 0.176. The van der Waals surface area contributed by atoms with Crippen LogP contribution in [0.3, 0.4) is 0 Å². The molecule has 2 aromatic carbocycles. The fourth-order valence-corrected chi connectivity index (χ4v) is 4.21. The molecule has 108 valence electrons. The van der Waals surface area contributed by atoms with Gasteiger partial charge in [-0.3, -0.25) is 0 Å². The van der Waals surface area contributed by atoms with Crippen molar-refractivity contribution in [3.63, 3.8) is 0 Å². The summed E-state index contributed by atoms with van der Waals surface area (Å²) in [6.07, 6.45) is 0. The molecule has 0 bridgehead atoms. The molecule has 0 N–H and O–H groups in total. The molecule has 1 nitrogen and oxygen atoms in total. The molecule has 1 aromatic heterocycles. The number of halogens is 2. The van der Waals surface area contributed by atoms with E-state index in [4.69, 9.17) is 4.74 Å². The van der Waals surface area contributed by atoms with Crippen LogP contribution >= 0.6 is 27.3 Å². The third kappa shape index (κ3) is 2.83. The van der Waals surface area contributed by atoms with Crippen molar-refractivity contribution in [1.29, 1.82) is 0 Å². The summed E-state index contributed by atoms with van der Waals surface area (Å²) in [6.45, 7) is 2.06. The molecule has 1 unspecified atom stereocenters. The smallest absolute Gasteiger partial charge is 0.124 e. The Kier molecular flexibility index (Phi) is 4.00. The normalized spacial score (nSPS) is 12.6. The van der Waals surface area contributed by atoms with Gasteiger partial charge in [0.15, 0.2) is 0 Å². The van der Waals surface area contributed by atoms with Gasteiger partial charge in [0, 0.05) is 15.1 Å². The van der Waals surface area contributed by atoms with E-state index >= 15 is 0 Å². The molecule has 0 amide bonds. The summed E-state index contributed by atoms with van der Waals surface area (Å²) in [5.41, 5.74) is 2.27. The number of aryl methyl sites for hydroxylation is 1. The molecule has 0 spiro atoms. The quantitative estimate of drug-likeness (QED) is 0.530. The maximum atomic E-state index is 13.3. The number of alkyl halides is 1. The highest BCUT2D eigenvalue weighted by atomic mass is 79.9. The number of fused-ring (bicyclic) bond motifs is 1. The monoisotopic (exact) mass is 364 g/mol. The summed E-state index contributed by atoms with van der Waals surface area (Å²) in [4.78, 5) is 1.17. The lowest BCUT2D eigenvalue weighted by atomic mass is 10.1. The maximum Gasteiger partial charge on any atom is 0.124 e. The average Bonchev–Trinajstić information content (AvgIpc) is 2.89. The van der Waals surface area contributed by atoms with E-state index in [2.05, 4.69) is 35.0 Å². The predicted molar refractivity (Wildman–Crippen MR) is 90.3 cm³/mol. The molecule has 0 saturated carbocycles. The number of benzene rings is 2. The Balaban J connectivity index is 2.07. The van der Waals surface area contributed by atoms with Crippen LogP contribution in [0.15, 0.2) is 42.5 Å². The zero-order valence-electron chi connectivity index (χ0n) is 11.7. The molecule has 1 heterocycles. The Labute approximate surface area is 135 Å². The Morgan fingerprint density at radius 3 is 2.71 bits per heavy atom. The van der Waals surface area contributed by atoms with Crippen molar-refractivity contribution >= 4 is 37.4 Å². The molecule has 0 saturated heterocycles. The van der Waals surface area contributed by atoms with Gasteiger partial charge in [-0.15, -0.1) is 11.3 Å². The third-order valence-electron chi connectivity index (χ3n) is 3.41. The van der Waals surface area contributed by atoms with Gasteiger partial charge in [-0.25, -0.2) is 4.39 Å². The highest BCUT2D eigenvalue weighted by Gasteiger charge is 2.18. The maximum absolute atomic E-state index is 13.3. The molecule has 21 heavy (non-hydrogen) atoms. The van der Waals surface area contributed by atoms with E-state index in [-0.39, 0.29) is 10.6 Å². The minimum atomic E-state index is -0.199. The van der Waals surface area contributed by atoms with Gasteiger partial charge < -0.3 is 4.74 Å². The summed E-state index contributed by atoms with van der Waals surface area (Å²) in [5.74, 6) is 0.654. The van der Waals surface area contributed by atoms with E-state index in [1.54, 1.807) is 24.5 Å². The fourth-order valence-electron chi connectivity index (χ4n) is 2.36. The first kappa shape index (κ1) is 14.5. The van der Waals surface area contributed by atoms with Crippen LogP contribution in [0.25, 0.3) is 10.1 Å². The van der Waals surface area contributed by atoms with Gasteiger partial charge in [-0.05, 0) is 36.6 Å². The molecule has 0 aliphatic rings. The van der Waals surface area contributed by atoms with Crippen molar-refractivity contribution in [3.05, 3.63) is 64.3 Å². The van der Waals surface area contributed by atoms with Crippen LogP contribution < -0.4 is 4.74 Å². The van der Waals surface area contributed by atoms with Crippen LogP contribution in [0.1, 0.15) is 20.8 Å². The van der Waals surface area contributed by atoms with Gasteiger partial charge in [-0.1, -0.05) is 39.7 Å². The molecule has 0 fully saturated rings. The number of hydrogen-bond acceptors (Lipinski definition) is 2. The molecule has 3 rings (SSSR count). The van der Waals surface area contributed by atoms with Crippen molar-refractivity contribution in [2.45, 2.75) is 11.8 Å². The van der Waals surface area contributed by atoms with Crippen LogP contribution in [0.2, 0.25) is 0 Å². The average molecular weight is 365 g/mol. The Bertz CT molecular complexity index is 797. The number of thiophene rings is 1. The summed E-state index contributed by atoms with van der Waals surface area (Å²) in [5, 5.41) is 1.06. The van der Waals surface area contributed by atoms with Gasteiger partial charge in [0.25, 0.3) is 0 Å². The highest BCUT2D eigenvalue weighted by molar-refractivity contribution is 9.09. The van der Waals surface area contributed by atoms with E-state index in [9.17, 15) is 4.39 Å². The first-order valence-corrected chi connectivity index (χ1v) is 8.29. The van der Waals surface area contributed by atoms with Gasteiger partial charge in [0.2, 0.25) is 0 Å². The standard InChI is InChI=1S/C17H14BrFOS/c1-10-3-6-14(20-2)13(7-10)17(18)16-8-11-4-5-12(19)9-15(11)21-16/h3-9,17H,1-2H3. The van der Waals surface area contributed by atoms with Gasteiger partial charge in [-0.2, -0.15) is 0 Å². The molecular formula is C17H14BrFOS. The molecule has 4 heteroatoms. The predicted octanol–water partition coefficient (Wildman–Crippen LogP) is 5.84. The van der Waals surface area contributed by atoms with Crippen LogP contribution in [0.5, 0.6) is 5.75 Å². The number of ether oxygens (including phenoxy) is 1. The number of hydrogen-bond donors (Lipinski definition) is 0. The molecule has 0 radical (unpaired) electrons. The van der Waals surface area contributed by atoms with E-state index in [0.717, 1.165) is 26.3 Å². The van der Waals surface area contributed by atoms with Crippen LogP contribution in [-0.2, 0) is 0 Å². The van der Waals surface area contributed by atoms with E-state index in [1.807, 2.05) is 18.2 Å². The topological polar surface area (TPSA) is 9.23 Å². The zero-order chi connectivity index (χ0) is 15.0. The van der Waals surface area contributed by atoms with Crippen molar-refractivity contribution in [3.8, 4) is 5.75 Å². The lowest BCUT2D eigenvalue weighted by Crippen LogP contribution is -1.96. The first-order valence-electron chi connectivity index (χ1n) is 6.56. The SMILES string of the molecule is COc1ccc(C)cc1C(Br)c1cc2ccc(F)cc2s1. The largest absolute Gasteiger partial charge is 0.496 e. The highest BCUT2D eigenvalue weighted by Crippen LogP contribution is 2.42. The lowest BCUT2D eigenvalue weighted by molar-refractivity contribution is 0.410. The minimum absolute atomic E-state index is 0.0350. The third-order valence-corrected chi connectivity index (χ3v) is 5.86. The Morgan fingerprint density at radius 1 is 1.14 bits per heavy atom. The van der Waals surface area contributed by atoms with Crippen molar-refractivity contribution in [1.82, 2.24) is 0 Å². The second-order valence-electron chi connectivity index (χ2n) is 4.94. The second kappa shape index (κ2) is 5.78. The Morgan fingerprint density at radius 2 is 1.95 bits per heavy atom. The van der Waals surface area contributed by atoms with Gasteiger partial charge >= 0.3 is 0 Å². The van der Waals surface area contributed by atoms with E-state index < -0.39 is 0 Å². The molecule has 1 atom stereocenters. The first-order chi connectivity index (χ1) is 10.1. The number of methoxy groups -OCH3 is 1. The second-order valence-corrected chi connectivity index (χ2v) is 6.97. The van der Waals surface area contributed by atoms with E-state index in [0.29, 0.717) is 0 Å². The molecule has 0 aliphatic carbocycles. The van der Waals surface area contributed by atoms with Crippen molar-refractivity contribution in [2.24, 2.45) is 0 Å². The Hall–Kier alpha value is -1.39.